The maximum absolute atomic E-state index is 6.10. The van der Waals surface area contributed by atoms with E-state index in [4.69, 9.17) is 5.73 Å². The second kappa shape index (κ2) is 4.80. The van der Waals surface area contributed by atoms with Gasteiger partial charge in [0.2, 0.25) is 0 Å². The second-order valence-electron chi connectivity index (χ2n) is 4.94. The molecule has 0 bridgehead atoms. The zero-order valence-electron chi connectivity index (χ0n) is 10.4. The van der Waals surface area contributed by atoms with Crippen molar-refractivity contribution in [3.05, 3.63) is 30.1 Å². The van der Waals surface area contributed by atoms with Crippen molar-refractivity contribution in [2.24, 2.45) is 10.7 Å². The molecule has 1 aromatic heterocycles. The molecule has 0 saturated heterocycles. The number of hydrogen-bond acceptors (Lipinski definition) is 2. The van der Waals surface area contributed by atoms with Gasteiger partial charge in [-0.1, -0.05) is 19.3 Å². The van der Waals surface area contributed by atoms with Crippen molar-refractivity contribution < 1.29 is 0 Å². The maximum Gasteiger partial charge on any atom is 0.125 e. The van der Waals surface area contributed by atoms with E-state index in [1.807, 2.05) is 18.2 Å². The molecule has 94 valence electrons. The number of hydrogen-bond donors (Lipinski definition) is 2. The Labute approximate surface area is 106 Å². The van der Waals surface area contributed by atoms with Gasteiger partial charge in [-0.15, -0.1) is 0 Å². The van der Waals surface area contributed by atoms with Gasteiger partial charge in [0.15, 0.2) is 0 Å². The highest BCUT2D eigenvalue weighted by Crippen LogP contribution is 2.21. The standard InChI is InChI=1S/C14H18N4/c15-14(18-11-4-2-1-3-5-11)10-6-7-12-13(8-10)17-9-16-12/h6-9,11H,1-5H2,(H2,15,18)(H,16,17). The molecule has 0 spiro atoms. The lowest BCUT2D eigenvalue weighted by molar-refractivity contribution is 0.443. The topological polar surface area (TPSA) is 67.1 Å². The van der Waals surface area contributed by atoms with Gasteiger partial charge in [-0.05, 0) is 31.0 Å². The van der Waals surface area contributed by atoms with Gasteiger partial charge in [-0.25, -0.2) is 4.98 Å². The van der Waals surface area contributed by atoms with Crippen molar-refractivity contribution in [2.75, 3.05) is 0 Å². The summed E-state index contributed by atoms with van der Waals surface area (Å²) in [5, 5.41) is 0. The number of nitrogens with zero attached hydrogens (tertiary/aromatic N) is 2. The Bertz CT molecular complexity index is 564. The van der Waals surface area contributed by atoms with Crippen molar-refractivity contribution >= 4 is 16.9 Å². The van der Waals surface area contributed by atoms with Gasteiger partial charge < -0.3 is 10.7 Å². The van der Waals surface area contributed by atoms with Crippen LogP contribution in [0, 0.1) is 0 Å². The van der Waals surface area contributed by atoms with Gasteiger partial charge in [0.1, 0.15) is 5.84 Å². The summed E-state index contributed by atoms with van der Waals surface area (Å²) < 4.78 is 0. The smallest absolute Gasteiger partial charge is 0.125 e. The summed E-state index contributed by atoms with van der Waals surface area (Å²) in [4.78, 5) is 12.0. The van der Waals surface area contributed by atoms with Crippen LogP contribution in [0.2, 0.25) is 0 Å². The summed E-state index contributed by atoms with van der Waals surface area (Å²) in [5.74, 6) is 0.651. The number of nitrogens with one attached hydrogen (secondary N) is 1. The summed E-state index contributed by atoms with van der Waals surface area (Å²) in [6, 6.07) is 6.40. The molecule has 0 atom stereocenters. The van der Waals surface area contributed by atoms with E-state index >= 15 is 0 Å². The Balaban J connectivity index is 1.85. The van der Waals surface area contributed by atoms with Gasteiger partial charge in [0.25, 0.3) is 0 Å². The predicted molar refractivity (Wildman–Crippen MR) is 73.7 cm³/mol. The van der Waals surface area contributed by atoms with Crippen molar-refractivity contribution in [2.45, 2.75) is 38.1 Å². The lowest BCUT2D eigenvalue weighted by Gasteiger charge is -2.18. The highest BCUT2D eigenvalue weighted by Gasteiger charge is 2.13. The molecule has 1 heterocycles. The Morgan fingerprint density at radius 1 is 1.28 bits per heavy atom. The molecule has 4 heteroatoms. The number of aromatic amines is 1. The van der Waals surface area contributed by atoms with Crippen LogP contribution in [-0.2, 0) is 0 Å². The van der Waals surface area contributed by atoms with Gasteiger partial charge in [0, 0.05) is 5.56 Å². The Morgan fingerprint density at radius 3 is 2.94 bits per heavy atom. The molecule has 0 aliphatic heterocycles. The van der Waals surface area contributed by atoms with Crippen LogP contribution in [-0.4, -0.2) is 21.8 Å². The minimum atomic E-state index is 0.413. The minimum Gasteiger partial charge on any atom is -0.383 e. The molecule has 1 aliphatic rings. The van der Waals surface area contributed by atoms with Crippen LogP contribution in [0.4, 0.5) is 0 Å². The summed E-state index contributed by atoms with van der Waals surface area (Å²) >= 11 is 0. The normalized spacial score (nSPS) is 18.3. The molecule has 3 N–H and O–H groups in total. The quantitative estimate of drug-likeness (QED) is 0.628. The van der Waals surface area contributed by atoms with E-state index in [0.29, 0.717) is 11.9 Å². The van der Waals surface area contributed by atoms with Gasteiger partial charge in [0.05, 0.1) is 23.4 Å². The van der Waals surface area contributed by atoms with Crippen molar-refractivity contribution in [3.63, 3.8) is 0 Å². The van der Waals surface area contributed by atoms with Crippen molar-refractivity contribution in [1.29, 1.82) is 0 Å². The third-order valence-electron chi connectivity index (χ3n) is 3.61. The van der Waals surface area contributed by atoms with Crippen LogP contribution < -0.4 is 5.73 Å². The number of rotatable bonds is 2. The Kier molecular flexibility index (Phi) is 3.00. The first-order valence-corrected chi connectivity index (χ1v) is 6.60. The third kappa shape index (κ3) is 2.23. The molecule has 4 nitrogen and oxygen atoms in total. The number of amidine groups is 1. The number of imidazole rings is 1. The number of aliphatic imine (C=N–C) groups is 1. The number of fused-ring (bicyclic) bond motifs is 1. The van der Waals surface area contributed by atoms with E-state index in [9.17, 15) is 0 Å². The molecular weight excluding hydrogens is 224 g/mol. The molecule has 0 radical (unpaired) electrons. The van der Waals surface area contributed by atoms with E-state index in [1.165, 1.54) is 32.1 Å². The monoisotopic (exact) mass is 242 g/mol. The van der Waals surface area contributed by atoms with Crippen LogP contribution >= 0.6 is 0 Å². The number of H-pyrrole nitrogens is 1. The zero-order valence-corrected chi connectivity index (χ0v) is 10.4. The lowest BCUT2D eigenvalue weighted by Crippen LogP contribution is -2.19. The molecular formula is C14H18N4. The molecule has 1 saturated carbocycles. The van der Waals surface area contributed by atoms with E-state index in [2.05, 4.69) is 15.0 Å². The highest BCUT2D eigenvalue weighted by atomic mass is 14.9. The fourth-order valence-corrected chi connectivity index (χ4v) is 2.58. The highest BCUT2D eigenvalue weighted by molar-refractivity contribution is 6.00. The minimum absolute atomic E-state index is 0.413. The van der Waals surface area contributed by atoms with Gasteiger partial charge in [-0.2, -0.15) is 0 Å². The first-order valence-electron chi connectivity index (χ1n) is 6.60. The molecule has 0 amide bonds. The first kappa shape index (κ1) is 11.3. The van der Waals surface area contributed by atoms with Crippen LogP contribution in [0.25, 0.3) is 11.0 Å². The molecule has 2 aromatic rings. The van der Waals surface area contributed by atoms with Crippen LogP contribution in [0.1, 0.15) is 37.7 Å². The SMILES string of the molecule is NC(=NC1CCCCC1)c1ccc2nc[nH]c2c1. The largest absolute Gasteiger partial charge is 0.383 e. The molecule has 0 unspecified atom stereocenters. The van der Waals surface area contributed by atoms with Crippen LogP contribution in [0.5, 0.6) is 0 Å². The van der Waals surface area contributed by atoms with Crippen molar-refractivity contribution in [1.82, 2.24) is 9.97 Å². The third-order valence-corrected chi connectivity index (χ3v) is 3.61. The summed E-state index contributed by atoms with van der Waals surface area (Å²) in [6.07, 6.45) is 7.94. The fourth-order valence-electron chi connectivity index (χ4n) is 2.58. The van der Waals surface area contributed by atoms with E-state index in [-0.39, 0.29) is 0 Å². The van der Waals surface area contributed by atoms with E-state index in [0.717, 1.165) is 16.6 Å². The number of aromatic nitrogens is 2. The van der Waals surface area contributed by atoms with Crippen LogP contribution in [0.3, 0.4) is 0 Å². The number of nitrogens with two attached hydrogens (primary N) is 1. The second-order valence-corrected chi connectivity index (χ2v) is 4.94. The number of benzene rings is 1. The molecule has 1 aromatic carbocycles. The molecule has 3 rings (SSSR count). The van der Waals surface area contributed by atoms with Crippen molar-refractivity contribution in [3.8, 4) is 0 Å². The van der Waals surface area contributed by atoms with Gasteiger partial charge in [-0.3, -0.25) is 4.99 Å². The molecule has 18 heavy (non-hydrogen) atoms. The summed E-state index contributed by atoms with van der Waals surface area (Å²) in [6.45, 7) is 0. The predicted octanol–water partition coefficient (Wildman–Crippen LogP) is 2.60. The summed E-state index contributed by atoms with van der Waals surface area (Å²) in [5.41, 5.74) is 9.06. The Hall–Kier alpha value is -1.84. The summed E-state index contributed by atoms with van der Waals surface area (Å²) in [7, 11) is 0. The van der Waals surface area contributed by atoms with Crippen LogP contribution in [0.15, 0.2) is 29.5 Å². The molecule has 1 aliphatic carbocycles. The van der Waals surface area contributed by atoms with E-state index in [1.54, 1.807) is 6.33 Å². The average molecular weight is 242 g/mol. The van der Waals surface area contributed by atoms with Gasteiger partial charge >= 0.3 is 0 Å². The maximum atomic E-state index is 6.10. The lowest BCUT2D eigenvalue weighted by atomic mass is 9.96. The first-order chi connectivity index (χ1) is 8.83. The molecule has 1 fully saturated rings. The van der Waals surface area contributed by atoms with E-state index < -0.39 is 0 Å². The average Bonchev–Trinajstić information content (AvgIpc) is 2.87. The zero-order chi connectivity index (χ0) is 12.4. The fraction of sp³-hybridized carbons (Fsp3) is 0.429. The Morgan fingerprint density at radius 2 is 2.11 bits per heavy atom.